The molecule has 2 N–H and O–H groups in total. The van der Waals surface area contributed by atoms with Gasteiger partial charge in [0.25, 0.3) is 11.8 Å². The molecule has 0 aliphatic rings. The van der Waals surface area contributed by atoms with E-state index in [9.17, 15) is 14.4 Å². The van der Waals surface area contributed by atoms with Gasteiger partial charge in [-0.1, -0.05) is 31.2 Å². The maximum Gasteiger partial charge on any atom is 0.325 e. The summed E-state index contributed by atoms with van der Waals surface area (Å²) in [7, 11) is 0. The quantitative estimate of drug-likeness (QED) is 0.586. The molecule has 2 amide bonds. The summed E-state index contributed by atoms with van der Waals surface area (Å²) in [6.45, 7) is 5.61. The molecule has 0 spiro atoms. The predicted molar refractivity (Wildman–Crippen MR) is 113 cm³/mol. The first-order valence-corrected chi connectivity index (χ1v) is 9.97. The molecular formula is C23H28N2O5. The number of hydrogen-bond acceptors (Lipinski definition) is 5. The molecule has 0 saturated carbocycles. The van der Waals surface area contributed by atoms with E-state index < -0.39 is 24.4 Å². The number of rotatable bonds is 10. The normalized spacial score (nSPS) is 11.3. The number of hydrogen-bond donors (Lipinski definition) is 2. The number of benzene rings is 2. The number of carbonyl (C=O) groups excluding carboxylic acids is 3. The first-order chi connectivity index (χ1) is 14.4. The highest BCUT2D eigenvalue weighted by molar-refractivity contribution is 5.96. The first kappa shape index (κ1) is 22.9. The summed E-state index contributed by atoms with van der Waals surface area (Å²) >= 11 is 0. The van der Waals surface area contributed by atoms with E-state index in [0.717, 1.165) is 12.0 Å². The van der Waals surface area contributed by atoms with Crippen molar-refractivity contribution in [2.45, 2.75) is 33.2 Å². The van der Waals surface area contributed by atoms with Crippen LogP contribution in [0.1, 0.15) is 48.3 Å². The van der Waals surface area contributed by atoms with Crippen molar-refractivity contribution in [3.63, 3.8) is 0 Å². The minimum absolute atomic E-state index is 0.207. The molecule has 0 saturated heterocycles. The highest BCUT2D eigenvalue weighted by Crippen LogP contribution is 2.14. The number of carbonyl (C=O) groups is 3. The van der Waals surface area contributed by atoms with Crippen LogP contribution >= 0.6 is 0 Å². The summed E-state index contributed by atoms with van der Waals surface area (Å²) in [5.41, 5.74) is 2.58. The largest absolute Gasteiger partial charge is 0.494 e. The summed E-state index contributed by atoms with van der Waals surface area (Å²) in [5.74, 6) is -0.851. The van der Waals surface area contributed by atoms with Crippen LogP contribution in [0.5, 0.6) is 5.75 Å². The minimum atomic E-state index is -0.690. The Morgan fingerprint density at radius 3 is 2.23 bits per heavy atom. The zero-order chi connectivity index (χ0) is 21.9. The molecule has 0 aromatic heterocycles. The second kappa shape index (κ2) is 11.6. The third-order valence-electron chi connectivity index (χ3n) is 4.45. The van der Waals surface area contributed by atoms with Crippen LogP contribution in [-0.4, -0.2) is 37.5 Å². The second-order valence-corrected chi connectivity index (χ2v) is 6.69. The van der Waals surface area contributed by atoms with E-state index in [0.29, 0.717) is 17.9 Å². The molecule has 160 valence electrons. The van der Waals surface area contributed by atoms with E-state index in [2.05, 4.69) is 17.6 Å². The van der Waals surface area contributed by atoms with Crippen molar-refractivity contribution >= 4 is 17.8 Å². The highest BCUT2D eigenvalue weighted by Gasteiger charge is 2.13. The van der Waals surface area contributed by atoms with Gasteiger partial charge in [-0.25, -0.2) is 0 Å². The van der Waals surface area contributed by atoms with Gasteiger partial charge in [0.1, 0.15) is 12.3 Å². The smallest absolute Gasteiger partial charge is 0.325 e. The van der Waals surface area contributed by atoms with Crippen molar-refractivity contribution in [1.29, 1.82) is 0 Å². The summed E-state index contributed by atoms with van der Waals surface area (Å²) < 4.78 is 10.2. The van der Waals surface area contributed by atoms with Gasteiger partial charge in [0.2, 0.25) is 0 Å². The molecule has 0 bridgehead atoms. The topological polar surface area (TPSA) is 93.7 Å². The minimum Gasteiger partial charge on any atom is -0.494 e. The second-order valence-electron chi connectivity index (χ2n) is 6.69. The van der Waals surface area contributed by atoms with Gasteiger partial charge in [0, 0.05) is 5.56 Å². The monoisotopic (exact) mass is 412 g/mol. The van der Waals surface area contributed by atoms with Crippen LogP contribution in [0, 0.1) is 0 Å². The van der Waals surface area contributed by atoms with E-state index in [4.69, 9.17) is 9.47 Å². The Hall–Kier alpha value is -3.35. The number of nitrogens with one attached hydrogen (secondary N) is 2. The lowest BCUT2D eigenvalue weighted by Crippen LogP contribution is -2.34. The Kier molecular flexibility index (Phi) is 8.87. The van der Waals surface area contributed by atoms with Crippen molar-refractivity contribution < 1.29 is 23.9 Å². The third kappa shape index (κ3) is 7.24. The lowest BCUT2D eigenvalue weighted by molar-refractivity contribution is -0.147. The summed E-state index contributed by atoms with van der Waals surface area (Å²) in [5, 5.41) is 5.25. The van der Waals surface area contributed by atoms with Crippen molar-refractivity contribution in [3.05, 3.63) is 65.2 Å². The van der Waals surface area contributed by atoms with Gasteiger partial charge in [-0.3, -0.25) is 14.4 Å². The molecule has 0 heterocycles. The SMILES string of the molecule is CCOc1ccc(C(=O)NCC(=O)OCC(=O)NC(C)c2ccc(CC)cc2)cc1. The molecule has 2 aromatic carbocycles. The Balaban J connectivity index is 1.71. The van der Waals surface area contributed by atoms with Crippen LogP contribution in [0.2, 0.25) is 0 Å². The molecule has 1 atom stereocenters. The fourth-order valence-electron chi connectivity index (χ4n) is 2.73. The molecule has 2 aromatic rings. The van der Waals surface area contributed by atoms with E-state index >= 15 is 0 Å². The fraction of sp³-hybridized carbons (Fsp3) is 0.348. The molecule has 0 aliphatic heterocycles. The van der Waals surface area contributed by atoms with Crippen LogP contribution < -0.4 is 15.4 Å². The molecule has 0 aliphatic carbocycles. The lowest BCUT2D eigenvalue weighted by Gasteiger charge is -2.15. The van der Waals surface area contributed by atoms with Crippen LogP contribution in [0.25, 0.3) is 0 Å². The molecule has 0 radical (unpaired) electrons. The van der Waals surface area contributed by atoms with Gasteiger partial charge >= 0.3 is 5.97 Å². The maximum absolute atomic E-state index is 12.1. The lowest BCUT2D eigenvalue weighted by atomic mass is 10.1. The zero-order valence-electron chi connectivity index (χ0n) is 17.6. The van der Waals surface area contributed by atoms with Gasteiger partial charge in [-0.05, 0) is 55.7 Å². The molecule has 0 fully saturated rings. The Morgan fingerprint density at radius 1 is 0.967 bits per heavy atom. The van der Waals surface area contributed by atoms with Crippen LogP contribution in [-0.2, 0) is 20.7 Å². The number of esters is 1. The van der Waals surface area contributed by atoms with Crippen LogP contribution in [0.15, 0.2) is 48.5 Å². The van der Waals surface area contributed by atoms with E-state index in [-0.39, 0.29) is 12.6 Å². The number of aryl methyl sites for hydroxylation is 1. The predicted octanol–water partition coefficient (Wildman–Crippen LogP) is 2.80. The Morgan fingerprint density at radius 2 is 1.63 bits per heavy atom. The van der Waals surface area contributed by atoms with Gasteiger partial charge in [0.05, 0.1) is 12.6 Å². The molecule has 7 nitrogen and oxygen atoms in total. The standard InChI is InChI=1S/C23H28N2O5/c1-4-17-6-8-18(9-7-17)16(3)25-21(26)15-30-22(27)14-24-23(28)19-10-12-20(13-11-19)29-5-2/h6-13,16H,4-5,14-15H2,1-3H3,(H,24,28)(H,25,26). The van der Waals surface area contributed by atoms with Crippen LogP contribution in [0.3, 0.4) is 0 Å². The average Bonchev–Trinajstić information content (AvgIpc) is 2.76. The third-order valence-corrected chi connectivity index (χ3v) is 4.45. The van der Waals surface area contributed by atoms with E-state index in [1.165, 1.54) is 5.56 Å². The van der Waals surface area contributed by atoms with Crippen molar-refractivity contribution in [2.24, 2.45) is 0 Å². The van der Waals surface area contributed by atoms with Crippen molar-refractivity contribution in [3.8, 4) is 5.75 Å². The maximum atomic E-state index is 12.1. The Bertz CT molecular complexity index is 847. The van der Waals surface area contributed by atoms with Gasteiger partial charge < -0.3 is 20.1 Å². The fourth-order valence-corrected chi connectivity index (χ4v) is 2.73. The van der Waals surface area contributed by atoms with Crippen molar-refractivity contribution in [2.75, 3.05) is 19.8 Å². The van der Waals surface area contributed by atoms with E-state index in [1.807, 2.05) is 38.1 Å². The summed E-state index contributed by atoms with van der Waals surface area (Å²) in [6.07, 6.45) is 0.950. The molecule has 7 heteroatoms. The zero-order valence-corrected chi connectivity index (χ0v) is 17.6. The van der Waals surface area contributed by atoms with Gasteiger partial charge in [-0.2, -0.15) is 0 Å². The molecule has 1 unspecified atom stereocenters. The van der Waals surface area contributed by atoms with Crippen molar-refractivity contribution in [1.82, 2.24) is 10.6 Å². The Labute approximate surface area is 176 Å². The number of amides is 2. The van der Waals surface area contributed by atoms with Gasteiger partial charge in [-0.15, -0.1) is 0 Å². The summed E-state index contributed by atoms with van der Waals surface area (Å²) in [4.78, 5) is 35.9. The van der Waals surface area contributed by atoms with Crippen LogP contribution in [0.4, 0.5) is 0 Å². The average molecular weight is 412 g/mol. The first-order valence-electron chi connectivity index (χ1n) is 9.97. The number of ether oxygens (including phenoxy) is 2. The molecule has 30 heavy (non-hydrogen) atoms. The highest BCUT2D eigenvalue weighted by atomic mass is 16.5. The van der Waals surface area contributed by atoms with Gasteiger partial charge in [0.15, 0.2) is 6.61 Å². The van der Waals surface area contributed by atoms with E-state index in [1.54, 1.807) is 24.3 Å². The molecular weight excluding hydrogens is 384 g/mol. The molecule has 2 rings (SSSR count). The summed E-state index contributed by atoms with van der Waals surface area (Å²) in [6, 6.07) is 14.3.